The monoisotopic (exact) mass is 282 g/mol. The lowest BCUT2D eigenvalue weighted by molar-refractivity contribution is -0.137. The number of carboxylic acid groups (broad SMARTS) is 1. The van der Waals surface area contributed by atoms with Crippen LogP contribution >= 0.6 is 0 Å². The second-order valence-electron chi connectivity index (χ2n) is 3.74. The van der Waals surface area contributed by atoms with Gasteiger partial charge in [-0.05, 0) is 12.1 Å². The highest BCUT2D eigenvalue weighted by Gasteiger charge is 2.13. The number of carbonyl (C=O) groups is 3. The maximum absolute atomic E-state index is 11.7. The van der Waals surface area contributed by atoms with Crippen LogP contribution in [0.5, 0.6) is 11.5 Å². The second kappa shape index (κ2) is 6.98. The molecule has 0 aliphatic heterocycles. The Morgan fingerprint density at radius 2 is 1.90 bits per heavy atom. The molecule has 4 N–H and O–H groups in total. The first-order chi connectivity index (χ1) is 9.43. The number of methoxy groups -OCH3 is 1. The molecule has 0 aromatic heterocycles. The number of aliphatic carboxylic acids is 1. The average molecular weight is 282 g/mol. The van der Waals surface area contributed by atoms with E-state index >= 15 is 0 Å². The SMILES string of the molecule is COc1ccc(C(=O)NCC(=O)NCC(=O)O)c(O)c1. The first-order valence-electron chi connectivity index (χ1n) is 5.57. The molecule has 0 aliphatic rings. The molecule has 1 rings (SSSR count). The molecule has 0 heterocycles. The Labute approximate surface area is 114 Å². The van der Waals surface area contributed by atoms with Crippen LogP contribution in [0.2, 0.25) is 0 Å². The van der Waals surface area contributed by atoms with E-state index in [1.165, 1.54) is 25.3 Å². The minimum absolute atomic E-state index is 0.0168. The fourth-order valence-electron chi connectivity index (χ4n) is 1.32. The molecule has 0 saturated carbocycles. The van der Waals surface area contributed by atoms with E-state index < -0.39 is 30.9 Å². The van der Waals surface area contributed by atoms with Gasteiger partial charge < -0.3 is 25.6 Å². The van der Waals surface area contributed by atoms with Gasteiger partial charge in [0.15, 0.2) is 0 Å². The van der Waals surface area contributed by atoms with Crippen molar-refractivity contribution in [1.29, 1.82) is 0 Å². The zero-order chi connectivity index (χ0) is 15.1. The highest BCUT2D eigenvalue weighted by Crippen LogP contribution is 2.22. The Morgan fingerprint density at radius 3 is 2.45 bits per heavy atom. The lowest BCUT2D eigenvalue weighted by atomic mass is 10.2. The van der Waals surface area contributed by atoms with Crippen molar-refractivity contribution in [2.24, 2.45) is 0 Å². The number of rotatable bonds is 6. The van der Waals surface area contributed by atoms with Gasteiger partial charge in [-0.3, -0.25) is 14.4 Å². The molecule has 8 heteroatoms. The summed E-state index contributed by atoms with van der Waals surface area (Å²) in [5.74, 6) is -2.38. The summed E-state index contributed by atoms with van der Waals surface area (Å²) < 4.78 is 4.87. The summed E-state index contributed by atoms with van der Waals surface area (Å²) in [7, 11) is 1.42. The first-order valence-corrected chi connectivity index (χ1v) is 5.57. The molecule has 0 bridgehead atoms. The van der Waals surface area contributed by atoms with Crippen LogP contribution in [-0.2, 0) is 9.59 Å². The minimum atomic E-state index is -1.18. The van der Waals surface area contributed by atoms with E-state index in [-0.39, 0.29) is 11.3 Å². The van der Waals surface area contributed by atoms with Gasteiger partial charge in [0, 0.05) is 6.07 Å². The molecule has 1 aromatic carbocycles. The molecule has 0 spiro atoms. The largest absolute Gasteiger partial charge is 0.507 e. The summed E-state index contributed by atoms with van der Waals surface area (Å²) in [5.41, 5.74) is -0.0168. The van der Waals surface area contributed by atoms with Crippen LogP contribution in [0, 0.1) is 0 Å². The van der Waals surface area contributed by atoms with E-state index in [0.717, 1.165) is 0 Å². The number of hydrogen-bond donors (Lipinski definition) is 4. The van der Waals surface area contributed by atoms with Crippen molar-refractivity contribution in [3.05, 3.63) is 23.8 Å². The Hall–Kier alpha value is -2.77. The number of carboxylic acids is 1. The Morgan fingerprint density at radius 1 is 1.20 bits per heavy atom. The van der Waals surface area contributed by atoms with Crippen molar-refractivity contribution in [1.82, 2.24) is 10.6 Å². The molecule has 1 aromatic rings. The first kappa shape index (κ1) is 15.3. The Balaban J connectivity index is 2.55. The lowest BCUT2D eigenvalue weighted by Gasteiger charge is -2.08. The fraction of sp³-hybridized carbons (Fsp3) is 0.250. The minimum Gasteiger partial charge on any atom is -0.507 e. The topological polar surface area (TPSA) is 125 Å². The zero-order valence-corrected chi connectivity index (χ0v) is 10.7. The number of nitrogens with one attached hydrogen (secondary N) is 2. The van der Waals surface area contributed by atoms with Crippen molar-refractivity contribution in [2.75, 3.05) is 20.2 Å². The van der Waals surface area contributed by atoms with Crippen LogP contribution in [0.3, 0.4) is 0 Å². The van der Waals surface area contributed by atoms with E-state index in [9.17, 15) is 19.5 Å². The molecule has 108 valence electrons. The third-order valence-corrected chi connectivity index (χ3v) is 2.30. The van der Waals surface area contributed by atoms with Crippen LogP contribution in [0.25, 0.3) is 0 Å². The summed E-state index contributed by atoms with van der Waals surface area (Å²) >= 11 is 0. The second-order valence-corrected chi connectivity index (χ2v) is 3.74. The third kappa shape index (κ3) is 4.48. The normalized spacial score (nSPS) is 9.65. The number of amides is 2. The van der Waals surface area contributed by atoms with Gasteiger partial charge in [-0.2, -0.15) is 0 Å². The maximum Gasteiger partial charge on any atom is 0.322 e. The predicted octanol–water partition coefficient (Wildman–Crippen LogP) is -0.669. The van der Waals surface area contributed by atoms with E-state index in [2.05, 4.69) is 10.6 Å². The number of ether oxygens (including phenoxy) is 1. The summed E-state index contributed by atoms with van der Waals surface area (Å²) in [6, 6.07) is 4.09. The van der Waals surface area contributed by atoms with Crippen molar-refractivity contribution >= 4 is 17.8 Å². The smallest absolute Gasteiger partial charge is 0.322 e. The molecule has 8 nitrogen and oxygen atoms in total. The van der Waals surface area contributed by atoms with E-state index in [1.54, 1.807) is 0 Å². The van der Waals surface area contributed by atoms with Crippen LogP contribution in [0.1, 0.15) is 10.4 Å². The number of benzene rings is 1. The molecule has 0 aliphatic carbocycles. The van der Waals surface area contributed by atoms with Crippen LogP contribution in [-0.4, -0.2) is 48.2 Å². The van der Waals surface area contributed by atoms with Gasteiger partial charge in [-0.15, -0.1) is 0 Å². The van der Waals surface area contributed by atoms with Crippen molar-refractivity contribution in [3.63, 3.8) is 0 Å². The summed E-state index contributed by atoms with van der Waals surface area (Å²) in [6.45, 7) is -0.917. The highest BCUT2D eigenvalue weighted by atomic mass is 16.5. The summed E-state index contributed by atoms with van der Waals surface area (Å²) in [5, 5.41) is 22.3. The fourth-order valence-corrected chi connectivity index (χ4v) is 1.32. The van der Waals surface area contributed by atoms with Gasteiger partial charge in [0.05, 0.1) is 19.2 Å². The number of aromatic hydroxyl groups is 1. The van der Waals surface area contributed by atoms with Crippen molar-refractivity contribution < 1.29 is 29.3 Å². The molecule has 20 heavy (non-hydrogen) atoms. The number of phenols is 1. The molecule has 0 atom stereocenters. The van der Waals surface area contributed by atoms with Crippen LogP contribution < -0.4 is 15.4 Å². The van der Waals surface area contributed by atoms with Crippen LogP contribution in [0.4, 0.5) is 0 Å². The summed E-state index contributed by atoms with van der Waals surface area (Å²) in [6.07, 6.45) is 0. The predicted molar refractivity (Wildman–Crippen MR) is 67.6 cm³/mol. The maximum atomic E-state index is 11.7. The van der Waals surface area contributed by atoms with Gasteiger partial charge in [-0.25, -0.2) is 0 Å². The molecule has 0 radical (unpaired) electrons. The molecule has 2 amide bonds. The van der Waals surface area contributed by atoms with Gasteiger partial charge in [0.25, 0.3) is 5.91 Å². The van der Waals surface area contributed by atoms with Gasteiger partial charge in [0.2, 0.25) is 5.91 Å². The van der Waals surface area contributed by atoms with E-state index in [4.69, 9.17) is 9.84 Å². The summed E-state index contributed by atoms with van der Waals surface area (Å²) in [4.78, 5) is 33.1. The Kier molecular flexibility index (Phi) is 5.33. The molecule has 0 fully saturated rings. The van der Waals surface area contributed by atoms with Gasteiger partial charge >= 0.3 is 5.97 Å². The number of hydrogen-bond acceptors (Lipinski definition) is 5. The number of phenolic OH excluding ortho intramolecular Hbond substituents is 1. The van der Waals surface area contributed by atoms with E-state index in [1.807, 2.05) is 0 Å². The average Bonchev–Trinajstić information content (AvgIpc) is 2.42. The zero-order valence-electron chi connectivity index (χ0n) is 10.7. The molecule has 0 saturated heterocycles. The Bertz CT molecular complexity index is 529. The van der Waals surface area contributed by atoms with Crippen molar-refractivity contribution in [3.8, 4) is 11.5 Å². The van der Waals surface area contributed by atoms with E-state index in [0.29, 0.717) is 5.75 Å². The lowest BCUT2D eigenvalue weighted by Crippen LogP contribution is -2.39. The van der Waals surface area contributed by atoms with Gasteiger partial charge in [-0.1, -0.05) is 0 Å². The molecular formula is C12H14N2O6. The number of carbonyl (C=O) groups excluding carboxylic acids is 2. The highest BCUT2D eigenvalue weighted by molar-refractivity contribution is 5.99. The quantitative estimate of drug-likeness (QED) is 0.548. The third-order valence-electron chi connectivity index (χ3n) is 2.30. The van der Waals surface area contributed by atoms with Crippen LogP contribution in [0.15, 0.2) is 18.2 Å². The van der Waals surface area contributed by atoms with Gasteiger partial charge in [0.1, 0.15) is 18.0 Å². The molecule has 0 unspecified atom stereocenters. The standard InChI is InChI=1S/C12H14N2O6/c1-20-7-2-3-8(9(15)4-7)12(19)14-5-10(16)13-6-11(17)18/h2-4,15H,5-6H2,1H3,(H,13,16)(H,14,19)(H,17,18). The molecular weight excluding hydrogens is 268 g/mol. The van der Waals surface area contributed by atoms with Crippen molar-refractivity contribution in [2.45, 2.75) is 0 Å².